The molecule has 0 unspecified atom stereocenters. The van der Waals surface area contributed by atoms with E-state index in [2.05, 4.69) is 9.97 Å². The zero-order valence-electron chi connectivity index (χ0n) is 6.22. The molecule has 0 radical (unpaired) electrons. The molecule has 0 saturated carbocycles. The average Bonchev–Trinajstić information content (AvgIpc) is 2.09. The van der Waals surface area contributed by atoms with Crippen molar-refractivity contribution in [1.29, 1.82) is 0 Å². The van der Waals surface area contributed by atoms with Crippen LogP contribution in [-0.4, -0.2) is 9.97 Å². The summed E-state index contributed by atoms with van der Waals surface area (Å²) in [5, 5.41) is 0.323. The van der Waals surface area contributed by atoms with Gasteiger partial charge in [0.2, 0.25) is 0 Å². The Balaban J connectivity index is 3.19. The molecule has 12 heavy (non-hydrogen) atoms. The van der Waals surface area contributed by atoms with Gasteiger partial charge in [-0.05, 0) is 0 Å². The van der Waals surface area contributed by atoms with Crippen LogP contribution < -0.4 is 11.5 Å². The second-order valence-electron chi connectivity index (χ2n) is 2.11. The van der Waals surface area contributed by atoms with Gasteiger partial charge in [0.05, 0.1) is 11.4 Å². The smallest absolute Gasteiger partial charge is 0.166 e. The normalized spacial score (nSPS) is 10.3. The van der Waals surface area contributed by atoms with Crippen molar-refractivity contribution in [1.82, 2.24) is 9.97 Å². The van der Waals surface area contributed by atoms with Crippen molar-refractivity contribution in [2.45, 2.75) is 13.1 Å². The third-order valence-electron chi connectivity index (χ3n) is 1.36. The van der Waals surface area contributed by atoms with Crippen molar-refractivity contribution in [2.24, 2.45) is 11.5 Å². The summed E-state index contributed by atoms with van der Waals surface area (Å²) in [6, 6.07) is 0. The Bertz CT molecular complexity index is 260. The third kappa shape index (κ3) is 1.84. The molecule has 0 aliphatic rings. The highest BCUT2D eigenvalue weighted by Gasteiger charge is 2.07. The van der Waals surface area contributed by atoms with Gasteiger partial charge in [-0.3, -0.25) is 0 Å². The third-order valence-corrected chi connectivity index (χ3v) is 1.98. The second-order valence-corrected chi connectivity index (χ2v) is 2.82. The Morgan fingerprint density at radius 1 is 0.917 bits per heavy atom. The highest BCUT2D eigenvalue weighted by molar-refractivity contribution is 6.40. The minimum atomic E-state index is 0.161. The van der Waals surface area contributed by atoms with Crippen molar-refractivity contribution in [3.63, 3.8) is 0 Å². The van der Waals surface area contributed by atoms with E-state index in [1.165, 1.54) is 0 Å². The number of hydrogen-bond acceptors (Lipinski definition) is 4. The molecule has 0 aromatic carbocycles. The molecular formula is C6H8Cl2N4. The van der Waals surface area contributed by atoms with E-state index in [0.717, 1.165) is 0 Å². The van der Waals surface area contributed by atoms with Crippen molar-refractivity contribution in [3.05, 3.63) is 21.7 Å². The van der Waals surface area contributed by atoms with Gasteiger partial charge in [0, 0.05) is 13.1 Å². The Kier molecular flexibility index (Phi) is 3.22. The molecule has 1 aromatic rings. The minimum Gasteiger partial charge on any atom is -0.325 e. The van der Waals surface area contributed by atoms with E-state index in [1.54, 1.807) is 0 Å². The average molecular weight is 207 g/mol. The number of nitrogens with zero attached hydrogens (tertiary/aromatic N) is 2. The second kappa shape index (κ2) is 4.00. The Morgan fingerprint density at radius 3 is 1.50 bits per heavy atom. The molecule has 1 aromatic heterocycles. The topological polar surface area (TPSA) is 77.8 Å². The molecule has 0 spiro atoms. The lowest BCUT2D eigenvalue weighted by atomic mass is 10.3. The van der Waals surface area contributed by atoms with Crippen LogP contribution in [0, 0.1) is 0 Å². The predicted octanol–water partition coefficient (Wildman–Crippen LogP) is 0.701. The summed E-state index contributed by atoms with van der Waals surface area (Å²) in [7, 11) is 0. The lowest BCUT2D eigenvalue weighted by Gasteiger charge is -2.04. The predicted molar refractivity (Wildman–Crippen MR) is 47.8 cm³/mol. The molecule has 0 saturated heterocycles. The van der Waals surface area contributed by atoms with Gasteiger partial charge in [-0.15, -0.1) is 0 Å². The number of rotatable bonds is 2. The van der Waals surface area contributed by atoms with Gasteiger partial charge in [0.1, 0.15) is 0 Å². The first-order chi connectivity index (χ1) is 5.69. The maximum Gasteiger partial charge on any atom is 0.166 e. The van der Waals surface area contributed by atoms with Crippen molar-refractivity contribution in [3.8, 4) is 0 Å². The van der Waals surface area contributed by atoms with Crippen LogP contribution >= 0.6 is 23.2 Å². The summed E-state index contributed by atoms with van der Waals surface area (Å²) in [4.78, 5) is 7.86. The lowest BCUT2D eigenvalue weighted by molar-refractivity contribution is 0.870. The Labute approximate surface area is 79.9 Å². The fourth-order valence-electron chi connectivity index (χ4n) is 0.785. The van der Waals surface area contributed by atoms with Crippen LogP contribution in [0.2, 0.25) is 10.3 Å². The highest BCUT2D eigenvalue weighted by atomic mass is 35.5. The van der Waals surface area contributed by atoms with E-state index < -0.39 is 0 Å². The van der Waals surface area contributed by atoms with Crippen LogP contribution in [0.4, 0.5) is 0 Å². The van der Waals surface area contributed by atoms with E-state index >= 15 is 0 Å². The minimum absolute atomic E-state index is 0.161. The van der Waals surface area contributed by atoms with E-state index in [0.29, 0.717) is 11.4 Å². The van der Waals surface area contributed by atoms with Crippen molar-refractivity contribution >= 4 is 23.2 Å². The van der Waals surface area contributed by atoms with E-state index in [9.17, 15) is 0 Å². The Morgan fingerprint density at radius 2 is 1.25 bits per heavy atom. The highest BCUT2D eigenvalue weighted by Crippen LogP contribution is 2.18. The maximum atomic E-state index is 5.62. The van der Waals surface area contributed by atoms with Crippen molar-refractivity contribution in [2.75, 3.05) is 0 Å². The summed E-state index contributed by atoms with van der Waals surface area (Å²) in [5.74, 6) is 0. The van der Waals surface area contributed by atoms with Gasteiger partial charge in [0.25, 0.3) is 0 Å². The van der Waals surface area contributed by atoms with Gasteiger partial charge in [-0.1, -0.05) is 23.2 Å². The molecule has 1 rings (SSSR count). The number of halogens is 2. The largest absolute Gasteiger partial charge is 0.325 e. The molecule has 0 bridgehead atoms. The monoisotopic (exact) mass is 206 g/mol. The first-order valence-electron chi connectivity index (χ1n) is 3.30. The van der Waals surface area contributed by atoms with E-state index in [4.69, 9.17) is 34.7 Å². The fourth-order valence-corrected chi connectivity index (χ4v) is 1.07. The van der Waals surface area contributed by atoms with Crippen LogP contribution in [0.5, 0.6) is 0 Å². The Hall–Kier alpha value is -0.420. The molecule has 0 amide bonds. The van der Waals surface area contributed by atoms with Crippen LogP contribution in [0.15, 0.2) is 0 Å². The molecule has 6 heteroatoms. The molecule has 0 atom stereocenters. The van der Waals surface area contributed by atoms with E-state index in [-0.39, 0.29) is 23.4 Å². The number of aromatic nitrogens is 2. The fraction of sp³-hybridized carbons (Fsp3) is 0.333. The first-order valence-corrected chi connectivity index (χ1v) is 4.05. The summed E-state index contributed by atoms with van der Waals surface area (Å²) < 4.78 is 0. The van der Waals surface area contributed by atoms with Gasteiger partial charge in [-0.2, -0.15) is 0 Å². The number of hydrogen-bond donors (Lipinski definition) is 2. The van der Waals surface area contributed by atoms with Crippen LogP contribution in [0.1, 0.15) is 11.4 Å². The summed E-state index contributed by atoms with van der Waals surface area (Å²) >= 11 is 11.2. The van der Waals surface area contributed by atoms with Gasteiger partial charge < -0.3 is 11.5 Å². The SMILES string of the molecule is NCc1nc(Cl)c(Cl)nc1CN. The standard InChI is InChI=1S/C6H8Cl2N4/c7-5-6(8)12-4(2-10)3(1-9)11-5/h1-2,9-10H2. The zero-order chi connectivity index (χ0) is 9.14. The van der Waals surface area contributed by atoms with Crippen molar-refractivity contribution < 1.29 is 0 Å². The summed E-state index contributed by atoms with van der Waals surface area (Å²) in [6.07, 6.45) is 0. The summed E-state index contributed by atoms with van der Waals surface area (Å²) in [5.41, 5.74) is 12.0. The molecule has 0 aliphatic heterocycles. The first kappa shape index (κ1) is 9.67. The van der Waals surface area contributed by atoms with Crippen LogP contribution in [-0.2, 0) is 13.1 Å². The molecular weight excluding hydrogens is 199 g/mol. The van der Waals surface area contributed by atoms with E-state index in [1.807, 2.05) is 0 Å². The lowest BCUT2D eigenvalue weighted by Crippen LogP contribution is -2.11. The molecule has 4 nitrogen and oxygen atoms in total. The molecule has 66 valence electrons. The summed E-state index contributed by atoms with van der Waals surface area (Å²) in [6.45, 7) is 0.521. The maximum absolute atomic E-state index is 5.62. The van der Waals surface area contributed by atoms with Gasteiger partial charge >= 0.3 is 0 Å². The van der Waals surface area contributed by atoms with Crippen LogP contribution in [0.25, 0.3) is 0 Å². The van der Waals surface area contributed by atoms with Crippen LogP contribution in [0.3, 0.4) is 0 Å². The quantitative estimate of drug-likeness (QED) is 0.748. The van der Waals surface area contributed by atoms with Gasteiger partial charge in [0.15, 0.2) is 10.3 Å². The molecule has 4 N–H and O–H groups in total. The zero-order valence-corrected chi connectivity index (χ0v) is 7.73. The van der Waals surface area contributed by atoms with Gasteiger partial charge in [-0.25, -0.2) is 9.97 Å². The molecule has 0 aliphatic carbocycles. The molecule has 1 heterocycles. The molecule has 0 fully saturated rings. The number of nitrogens with two attached hydrogens (primary N) is 2.